The van der Waals surface area contributed by atoms with Crippen LogP contribution >= 0.6 is 0 Å². The standard InChI is InChI=1S/C14H19NO5/c1-15-14(12(16)18-2,13(17)19-3)10-20-9-11-7-5-4-6-8-11/h4-8,15H,9-10H2,1-3H3. The normalized spacial score (nSPS) is 10.9. The number of carbonyl (C=O) groups is 2. The Morgan fingerprint density at radius 3 is 2.10 bits per heavy atom. The zero-order chi connectivity index (χ0) is 15.0. The highest BCUT2D eigenvalue weighted by Crippen LogP contribution is 2.12. The third-order valence-electron chi connectivity index (χ3n) is 2.92. The van der Waals surface area contributed by atoms with Crippen LogP contribution in [0.4, 0.5) is 0 Å². The van der Waals surface area contributed by atoms with Crippen LogP contribution in [0.2, 0.25) is 0 Å². The highest BCUT2D eigenvalue weighted by atomic mass is 16.6. The Morgan fingerprint density at radius 2 is 1.65 bits per heavy atom. The van der Waals surface area contributed by atoms with Crippen molar-refractivity contribution >= 4 is 11.9 Å². The van der Waals surface area contributed by atoms with Gasteiger partial charge in [0.25, 0.3) is 0 Å². The first-order valence-corrected chi connectivity index (χ1v) is 6.08. The lowest BCUT2D eigenvalue weighted by atomic mass is 10.0. The van der Waals surface area contributed by atoms with E-state index in [1.165, 1.54) is 21.3 Å². The number of likely N-dealkylation sites (N-methyl/N-ethyl adjacent to an activating group) is 1. The molecule has 0 radical (unpaired) electrons. The van der Waals surface area contributed by atoms with E-state index in [2.05, 4.69) is 14.8 Å². The van der Waals surface area contributed by atoms with Crippen molar-refractivity contribution in [2.24, 2.45) is 0 Å². The third-order valence-corrected chi connectivity index (χ3v) is 2.92. The second kappa shape index (κ2) is 7.62. The molecule has 0 saturated carbocycles. The van der Waals surface area contributed by atoms with E-state index in [9.17, 15) is 9.59 Å². The molecule has 0 aliphatic heterocycles. The van der Waals surface area contributed by atoms with E-state index in [-0.39, 0.29) is 13.2 Å². The summed E-state index contributed by atoms with van der Waals surface area (Å²) >= 11 is 0. The largest absolute Gasteiger partial charge is 0.467 e. The predicted molar refractivity (Wildman–Crippen MR) is 71.9 cm³/mol. The Hall–Kier alpha value is -1.92. The molecule has 0 unspecified atom stereocenters. The van der Waals surface area contributed by atoms with Crippen molar-refractivity contribution < 1.29 is 23.8 Å². The molecule has 0 aliphatic rings. The lowest BCUT2D eigenvalue weighted by Crippen LogP contribution is -2.61. The van der Waals surface area contributed by atoms with Gasteiger partial charge in [0.15, 0.2) is 0 Å². The molecular weight excluding hydrogens is 262 g/mol. The summed E-state index contributed by atoms with van der Waals surface area (Å²) in [6.07, 6.45) is 0. The molecule has 0 heterocycles. The van der Waals surface area contributed by atoms with Crippen molar-refractivity contribution in [3.63, 3.8) is 0 Å². The number of benzene rings is 1. The smallest absolute Gasteiger partial charge is 0.340 e. The zero-order valence-corrected chi connectivity index (χ0v) is 11.8. The molecule has 1 aromatic rings. The minimum Gasteiger partial charge on any atom is -0.467 e. The van der Waals surface area contributed by atoms with Gasteiger partial charge in [0, 0.05) is 0 Å². The summed E-state index contributed by atoms with van der Waals surface area (Å²) in [6.45, 7) is 0.0933. The number of esters is 2. The van der Waals surface area contributed by atoms with Gasteiger partial charge >= 0.3 is 11.9 Å². The molecule has 0 spiro atoms. The summed E-state index contributed by atoms with van der Waals surface area (Å²) in [7, 11) is 3.88. The van der Waals surface area contributed by atoms with Crippen LogP contribution in [0.1, 0.15) is 5.56 Å². The maximum absolute atomic E-state index is 11.8. The summed E-state index contributed by atoms with van der Waals surface area (Å²) in [5.41, 5.74) is -0.717. The summed E-state index contributed by atoms with van der Waals surface area (Å²) < 4.78 is 14.8. The molecule has 1 aromatic carbocycles. The molecule has 20 heavy (non-hydrogen) atoms. The van der Waals surface area contributed by atoms with E-state index < -0.39 is 17.5 Å². The number of nitrogens with one attached hydrogen (secondary N) is 1. The maximum atomic E-state index is 11.8. The highest BCUT2D eigenvalue weighted by Gasteiger charge is 2.47. The Bertz CT molecular complexity index is 430. The number of hydrogen-bond acceptors (Lipinski definition) is 6. The van der Waals surface area contributed by atoms with Gasteiger partial charge in [0.1, 0.15) is 0 Å². The zero-order valence-electron chi connectivity index (χ0n) is 11.8. The molecule has 0 bridgehead atoms. The quantitative estimate of drug-likeness (QED) is 0.580. The van der Waals surface area contributed by atoms with Crippen molar-refractivity contribution in [1.82, 2.24) is 5.32 Å². The number of ether oxygens (including phenoxy) is 3. The van der Waals surface area contributed by atoms with Crippen molar-refractivity contribution in [2.45, 2.75) is 12.1 Å². The van der Waals surface area contributed by atoms with Gasteiger partial charge in [-0.15, -0.1) is 0 Å². The summed E-state index contributed by atoms with van der Waals surface area (Å²) in [5.74, 6) is -1.50. The molecule has 6 heteroatoms. The topological polar surface area (TPSA) is 73.9 Å². The first-order chi connectivity index (χ1) is 9.60. The van der Waals surface area contributed by atoms with Crippen LogP contribution in [-0.4, -0.2) is 45.4 Å². The van der Waals surface area contributed by atoms with Gasteiger partial charge in [0.2, 0.25) is 5.54 Å². The van der Waals surface area contributed by atoms with E-state index >= 15 is 0 Å². The fourth-order valence-corrected chi connectivity index (χ4v) is 1.72. The second-order valence-electron chi connectivity index (χ2n) is 4.12. The number of rotatable bonds is 7. The Labute approximate surface area is 118 Å². The van der Waals surface area contributed by atoms with Crippen LogP contribution < -0.4 is 5.32 Å². The summed E-state index contributed by atoms with van der Waals surface area (Å²) in [6, 6.07) is 9.42. The molecule has 6 nitrogen and oxygen atoms in total. The van der Waals surface area contributed by atoms with Crippen molar-refractivity contribution in [3.8, 4) is 0 Å². The van der Waals surface area contributed by atoms with Crippen LogP contribution in [0, 0.1) is 0 Å². The number of carbonyl (C=O) groups excluding carboxylic acids is 2. The molecule has 1 N–H and O–H groups in total. The van der Waals surface area contributed by atoms with Gasteiger partial charge < -0.3 is 14.2 Å². The van der Waals surface area contributed by atoms with Crippen molar-refractivity contribution in [3.05, 3.63) is 35.9 Å². The molecule has 110 valence electrons. The second-order valence-corrected chi connectivity index (χ2v) is 4.12. The van der Waals surface area contributed by atoms with Gasteiger partial charge in [-0.1, -0.05) is 30.3 Å². The van der Waals surface area contributed by atoms with E-state index in [4.69, 9.17) is 4.74 Å². The molecule has 0 aliphatic carbocycles. The van der Waals surface area contributed by atoms with E-state index in [1.807, 2.05) is 30.3 Å². The van der Waals surface area contributed by atoms with Crippen LogP contribution in [-0.2, 0) is 30.4 Å². The van der Waals surface area contributed by atoms with E-state index in [0.29, 0.717) is 0 Å². The number of methoxy groups -OCH3 is 2. The predicted octanol–water partition coefficient (Wildman–Crippen LogP) is 0.507. The highest BCUT2D eigenvalue weighted by molar-refractivity contribution is 6.05. The fourth-order valence-electron chi connectivity index (χ4n) is 1.72. The van der Waals surface area contributed by atoms with Crippen molar-refractivity contribution in [2.75, 3.05) is 27.9 Å². The van der Waals surface area contributed by atoms with Crippen LogP contribution in [0.5, 0.6) is 0 Å². The van der Waals surface area contributed by atoms with Gasteiger partial charge in [-0.05, 0) is 12.6 Å². The molecule has 1 rings (SSSR count). The minimum atomic E-state index is -1.65. The van der Waals surface area contributed by atoms with Crippen LogP contribution in [0.25, 0.3) is 0 Å². The van der Waals surface area contributed by atoms with Gasteiger partial charge in [-0.2, -0.15) is 0 Å². The van der Waals surface area contributed by atoms with Crippen LogP contribution in [0.3, 0.4) is 0 Å². The minimum absolute atomic E-state index is 0.183. The first-order valence-electron chi connectivity index (χ1n) is 6.08. The number of hydrogen-bond donors (Lipinski definition) is 1. The summed E-state index contributed by atoms with van der Waals surface area (Å²) in [4.78, 5) is 23.7. The molecule has 0 atom stereocenters. The van der Waals surface area contributed by atoms with Gasteiger partial charge in [0.05, 0.1) is 27.4 Å². The average Bonchev–Trinajstić information content (AvgIpc) is 2.51. The Morgan fingerprint density at radius 1 is 1.10 bits per heavy atom. The lowest BCUT2D eigenvalue weighted by Gasteiger charge is -2.27. The monoisotopic (exact) mass is 281 g/mol. The third kappa shape index (κ3) is 3.55. The molecule has 0 saturated heterocycles. The van der Waals surface area contributed by atoms with Gasteiger partial charge in [-0.25, -0.2) is 9.59 Å². The van der Waals surface area contributed by atoms with E-state index in [0.717, 1.165) is 5.56 Å². The average molecular weight is 281 g/mol. The van der Waals surface area contributed by atoms with E-state index in [1.54, 1.807) is 0 Å². The summed E-state index contributed by atoms with van der Waals surface area (Å²) in [5, 5.41) is 2.63. The molecule has 0 amide bonds. The first kappa shape index (κ1) is 16.1. The Balaban J connectivity index is 2.75. The maximum Gasteiger partial charge on any atom is 0.340 e. The lowest BCUT2D eigenvalue weighted by molar-refractivity contribution is -0.167. The van der Waals surface area contributed by atoms with Crippen molar-refractivity contribution in [1.29, 1.82) is 0 Å². The molecule has 0 aromatic heterocycles. The Kier molecular flexibility index (Phi) is 6.14. The fraction of sp³-hybridized carbons (Fsp3) is 0.429. The molecular formula is C14H19NO5. The van der Waals surface area contributed by atoms with Gasteiger partial charge in [-0.3, -0.25) is 5.32 Å². The molecule has 0 fully saturated rings. The van der Waals surface area contributed by atoms with Crippen LogP contribution in [0.15, 0.2) is 30.3 Å². The SMILES string of the molecule is CNC(COCc1ccccc1)(C(=O)OC)C(=O)OC.